The van der Waals surface area contributed by atoms with Crippen LogP contribution in [0.2, 0.25) is 16.6 Å². The molecule has 0 aliphatic carbocycles. The van der Waals surface area contributed by atoms with Crippen molar-refractivity contribution < 1.29 is 13.6 Å². The first-order valence-electron chi connectivity index (χ1n) is 13.3. The number of ketones is 1. The molecule has 2 heterocycles. The number of nitrogens with zero attached hydrogens (tertiary/aromatic N) is 2. The number of hydrogen-bond donors (Lipinski definition) is 0. The van der Waals surface area contributed by atoms with Crippen molar-refractivity contribution in [2.75, 3.05) is 0 Å². The van der Waals surface area contributed by atoms with Crippen molar-refractivity contribution >= 4 is 14.1 Å². The number of carbonyl (C=O) groups is 1. The van der Waals surface area contributed by atoms with E-state index in [1.807, 2.05) is 18.2 Å². The lowest BCUT2D eigenvalue weighted by Crippen LogP contribution is -2.48. The summed E-state index contributed by atoms with van der Waals surface area (Å²) in [5, 5.41) is 0. The van der Waals surface area contributed by atoms with Crippen molar-refractivity contribution in [2.24, 2.45) is 0 Å². The topological polar surface area (TPSA) is 65.2 Å². The number of unbranched alkanes of at least 4 members (excludes halogenated alkanes) is 1. The molecule has 0 amide bonds. The van der Waals surface area contributed by atoms with Gasteiger partial charge in [0.25, 0.3) is 0 Å². The highest BCUT2D eigenvalue weighted by atomic mass is 28.4. The Morgan fingerprint density at radius 1 is 0.889 bits per heavy atom. The van der Waals surface area contributed by atoms with Crippen LogP contribution in [0.5, 0.6) is 0 Å². The number of aromatic nitrogens is 2. The molecule has 1 unspecified atom stereocenters. The van der Waals surface area contributed by atoms with Crippen molar-refractivity contribution in [1.29, 1.82) is 0 Å². The molecule has 0 radical (unpaired) electrons. The molecule has 1 atom stereocenters. The van der Waals surface area contributed by atoms with E-state index in [2.05, 4.69) is 81.8 Å². The van der Waals surface area contributed by atoms with Gasteiger partial charge >= 0.3 is 0 Å². The lowest BCUT2D eigenvalue weighted by molar-refractivity contribution is -0.118. The first-order chi connectivity index (χ1) is 17.2. The van der Waals surface area contributed by atoms with Gasteiger partial charge in [-0.1, -0.05) is 84.4 Å². The van der Waals surface area contributed by atoms with Gasteiger partial charge in [-0.3, -0.25) is 9.78 Å². The fourth-order valence-corrected chi connectivity index (χ4v) is 11.1. The highest BCUT2D eigenvalue weighted by Crippen LogP contribution is 2.46. The molecular formula is C30H42N2O3Si. The first kappa shape index (κ1) is 28.0. The summed E-state index contributed by atoms with van der Waals surface area (Å²) < 4.78 is 12.9. The second-order valence-electron chi connectivity index (χ2n) is 10.6. The fourth-order valence-electron chi connectivity index (χ4n) is 5.54. The molecule has 1 aromatic carbocycles. The summed E-state index contributed by atoms with van der Waals surface area (Å²) in [6.45, 7) is 14.0. The maximum absolute atomic E-state index is 12.6. The van der Waals surface area contributed by atoms with Crippen LogP contribution in [-0.2, 0) is 15.6 Å². The van der Waals surface area contributed by atoms with Gasteiger partial charge in [0.2, 0.25) is 14.2 Å². The summed E-state index contributed by atoms with van der Waals surface area (Å²) in [6.07, 6.45) is 6.84. The number of rotatable bonds is 14. The zero-order valence-corrected chi connectivity index (χ0v) is 23.7. The molecule has 3 rings (SSSR count). The van der Waals surface area contributed by atoms with E-state index in [-0.39, 0.29) is 18.3 Å². The van der Waals surface area contributed by atoms with Crippen LogP contribution in [0.1, 0.15) is 84.8 Å². The summed E-state index contributed by atoms with van der Waals surface area (Å²) in [4.78, 5) is 21.2. The van der Waals surface area contributed by atoms with Gasteiger partial charge in [-0.25, -0.2) is 4.98 Å². The van der Waals surface area contributed by atoms with E-state index in [1.165, 1.54) is 5.56 Å². The van der Waals surface area contributed by atoms with Gasteiger partial charge in [0.05, 0.1) is 18.7 Å². The smallest absolute Gasteiger partial charge is 0.202 e. The van der Waals surface area contributed by atoms with Crippen molar-refractivity contribution in [3.05, 3.63) is 72.4 Å². The van der Waals surface area contributed by atoms with Crippen LogP contribution >= 0.6 is 0 Å². The monoisotopic (exact) mass is 506 g/mol. The maximum atomic E-state index is 12.6. The third-order valence-electron chi connectivity index (χ3n) is 7.22. The van der Waals surface area contributed by atoms with Gasteiger partial charge in [0, 0.05) is 12.6 Å². The predicted octanol–water partition coefficient (Wildman–Crippen LogP) is 8.34. The second kappa shape index (κ2) is 13.1. The minimum Gasteiger partial charge on any atom is -0.439 e. The van der Waals surface area contributed by atoms with Crippen LogP contribution in [0.25, 0.3) is 11.5 Å². The van der Waals surface area contributed by atoms with E-state index in [1.54, 1.807) is 12.4 Å². The molecule has 2 aromatic heterocycles. The van der Waals surface area contributed by atoms with Crippen LogP contribution in [-0.4, -0.2) is 24.1 Å². The standard InChI is InChI=1S/C30H42N2O3Si/c1-22(2)36(23(3)4,24(5)6)35-28(25-14-8-7-9-15-25)18-11-10-16-26(33)20-30-32-21-29(34-30)27-17-12-13-19-31-27/h7-9,12-15,17,19,21-24,28H,10-11,16,18,20H2,1-6H3. The zero-order valence-electron chi connectivity index (χ0n) is 22.7. The van der Waals surface area contributed by atoms with Gasteiger partial charge in [0.15, 0.2) is 5.76 Å². The van der Waals surface area contributed by atoms with Crippen LogP contribution in [0.15, 0.2) is 65.3 Å². The third-order valence-corrected chi connectivity index (χ3v) is 13.3. The van der Waals surface area contributed by atoms with E-state index in [0.717, 1.165) is 25.0 Å². The summed E-state index contributed by atoms with van der Waals surface area (Å²) >= 11 is 0. The molecule has 6 heteroatoms. The second-order valence-corrected chi connectivity index (χ2v) is 16.0. The van der Waals surface area contributed by atoms with E-state index >= 15 is 0 Å². The molecule has 5 nitrogen and oxygen atoms in total. The highest BCUT2D eigenvalue weighted by molar-refractivity contribution is 6.77. The molecule has 0 saturated carbocycles. The van der Waals surface area contributed by atoms with E-state index in [4.69, 9.17) is 8.84 Å². The molecule has 0 aliphatic rings. The van der Waals surface area contributed by atoms with Gasteiger partial charge in [-0.2, -0.15) is 0 Å². The van der Waals surface area contributed by atoms with Crippen molar-refractivity contribution in [3.8, 4) is 11.5 Å². The molecule has 0 N–H and O–H groups in total. The Labute approximate surface area is 217 Å². The summed E-state index contributed by atoms with van der Waals surface area (Å²) in [6, 6.07) is 16.2. The quantitative estimate of drug-likeness (QED) is 0.162. The maximum Gasteiger partial charge on any atom is 0.202 e. The number of oxazole rings is 1. The summed E-state index contributed by atoms with van der Waals surface area (Å²) in [7, 11) is -2.02. The van der Waals surface area contributed by atoms with Crippen LogP contribution in [0.4, 0.5) is 0 Å². The Kier molecular flexibility index (Phi) is 10.2. The SMILES string of the molecule is CC(C)[Si](OC(CCCCC(=O)Cc1ncc(-c2ccccn2)o1)c1ccccc1)(C(C)C)C(C)C. The van der Waals surface area contributed by atoms with Gasteiger partial charge in [-0.05, 0) is 47.2 Å². The normalized spacial score (nSPS) is 13.0. The molecule has 0 bridgehead atoms. The molecule has 194 valence electrons. The van der Waals surface area contributed by atoms with Crippen molar-refractivity contribution in [3.63, 3.8) is 0 Å². The average Bonchev–Trinajstić information content (AvgIpc) is 3.32. The molecule has 36 heavy (non-hydrogen) atoms. The summed E-state index contributed by atoms with van der Waals surface area (Å²) in [5.74, 6) is 1.19. The Bertz CT molecular complexity index is 1040. The summed E-state index contributed by atoms with van der Waals surface area (Å²) in [5.41, 5.74) is 3.55. The Morgan fingerprint density at radius 3 is 2.17 bits per heavy atom. The third kappa shape index (κ3) is 7.01. The van der Waals surface area contributed by atoms with Gasteiger partial charge in [-0.15, -0.1) is 0 Å². The van der Waals surface area contributed by atoms with E-state index in [0.29, 0.717) is 34.7 Å². The number of hydrogen-bond acceptors (Lipinski definition) is 5. The molecule has 0 spiro atoms. The Morgan fingerprint density at radius 2 is 1.56 bits per heavy atom. The predicted molar refractivity (Wildman–Crippen MR) is 148 cm³/mol. The minimum atomic E-state index is -2.02. The van der Waals surface area contributed by atoms with Crippen molar-refractivity contribution in [2.45, 2.75) is 96.4 Å². The lowest BCUT2D eigenvalue weighted by atomic mass is 10.0. The molecular weight excluding hydrogens is 464 g/mol. The molecule has 0 saturated heterocycles. The highest BCUT2D eigenvalue weighted by Gasteiger charge is 2.46. The number of carbonyl (C=O) groups excluding carboxylic acids is 1. The van der Waals surface area contributed by atoms with Crippen LogP contribution < -0.4 is 0 Å². The van der Waals surface area contributed by atoms with Crippen molar-refractivity contribution in [1.82, 2.24) is 9.97 Å². The van der Waals surface area contributed by atoms with Crippen LogP contribution in [0, 0.1) is 0 Å². The first-order valence-corrected chi connectivity index (χ1v) is 15.5. The van der Waals surface area contributed by atoms with Gasteiger partial charge < -0.3 is 8.84 Å². The average molecular weight is 507 g/mol. The van der Waals surface area contributed by atoms with E-state index in [9.17, 15) is 4.79 Å². The number of Topliss-reactive ketones (excluding diaryl/α,β-unsaturated/α-hetero) is 1. The molecule has 0 aliphatic heterocycles. The van der Waals surface area contributed by atoms with Crippen LogP contribution in [0.3, 0.4) is 0 Å². The number of pyridine rings is 1. The molecule has 3 aromatic rings. The minimum absolute atomic E-state index is 0.0628. The fraction of sp³-hybridized carbons (Fsp3) is 0.500. The number of benzene rings is 1. The Balaban J connectivity index is 1.58. The Hall–Kier alpha value is -2.57. The molecule has 0 fully saturated rings. The zero-order chi connectivity index (χ0) is 26.1. The lowest BCUT2D eigenvalue weighted by Gasteiger charge is -2.45. The van der Waals surface area contributed by atoms with E-state index < -0.39 is 8.32 Å². The largest absolute Gasteiger partial charge is 0.439 e. The van der Waals surface area contributed by atoms with Gasteiger partial charge in [0.1, 0.15) is 11.5 Å².